The Balaban J connectivity index is 1.92. The summed E-state index contributed by atoms with van der Waals surface area (Å²) in [4.78, 5) is 13.5. The molecule has 0 bridgehead atoms. The largest absolute Gasteiger partial charge is 0.508 e. The Bertz CT molecular complexity index is 945. The molecule has 1 saturated carbocycles. The number of carbonyl (C=O) groups excluding carboxylic acids is 1. The van der Waals surface area contributed by atoms with E-state index < -0.39 is 22.7 Å². The van der Waals surface area contributed by atoms with Crippen LogP contribution in [0.25, 0.3) is 0 Å². The smallest absolute Gasteiger partial charge is 0.256 e. The number of anilines is 1. The normalized spacial score (nSPS) is 17.1. The molecule has 0 aliphatic heterocycles. The molecule has 32 heavy (non-hydrogen) atoms. The third-order valence-electron chi connectivity index (χ3n) is 6.68. The molecular weight excluding hydrogens is 405 g/mol. The van der Waals surface area contributed by atoms with Crippen LogP contribution in [0.2, 0.25) is 0 Å². The molecule has 1 atom stereocenters. The Kier molecular flexibility index (Phi) is 7.29. The second kappa shape index (κ2) is 9.62. The van der Waals surface area contributed by atoms with Crippen LogP contribution in [0.15, 0.2) is 36.4 Å². The van der Waals surface area contributed by atoms with Gasteiger partial charge in [0, 0.05) is 11.3 Å². The minimum atomic E-state index is -1.65. The lowest BCUT2D eigenvalue weighted by Crippen LogP contribution is -2.48. The van der Waals surface area contributed by atoms with Gasteiger partial charge in [-0.1, -0.05) is 52.0 Å². The van der Waals surface area contributed by atoms with Gasteiger partial charge in [0.1, 0.15) is 17.2 Å². The number of aryl methyl sites for hydroxylation is 2. The van der Waals surface area contributed by atoms with Gasteiger partial charge in [-0.25, -0.2) is 4.39 Å². The second-order valence-electron chi connectivity index (χ2n) is 10.3. The van der Waals surface area contributed by atoms with Gasteiger partial charge in [0.15, 0.2) is 0 Å². The van der Waals surface area contributed by atoms with Crippen molar-refractivity contribution in [2.24, 2.45) is 5.92 Å². The van der Waals surface area contributed by atoms with Gasteiger partial charge < -0.3 is 15.5 Å². The number of rotatable bonds is 7. The Morgan fingerprint density at radius 2 is 1.69 bits per heavy atom. The molecule has 3 rings (SSSR count). The van der Waals surface area contributed by atoms with Crippen LogP contribution < -0.4 is 5.32 Å². The summed E-state index contributed by atoms with van der Waals surface area (Å²) in [5.41, 5.74) is 0.624. The molecule has 1 amide bonds. The number of aliphatic hydroxyl groups is 1. The monoisotopic (exact) mass is 441 g/mol. The van der Waals surface area contributed by atoms with Gasteiger partial charge in [-0.2, -0.15) is 0 Å². The van der Waals surface area contributed by atoms with Gasteiger partial charge in [0.25, 0.3) is 5.91 Å². The minimum absolute atomic E-state index is 0.0360. The molecular formula is C27H36FNO3. The maximum absolute atomic E-state index is 14.0. The van der Waals surface area contributed by atoms with Crippen LogP contribution in [0.5, 0.6) is 5.75 Å². The quantitative estimate of drug-likeness (QED) is 0.482. The zero-order chi connectivity index (χ0) is 23.5. The van der Waals surface area contributed by atoms with Crippen LogP contribution in [-0.4, -0.2) is 21.7 Å². The standard InChI is InChI=1S/C27H36FNO3/c1-18-12-19(2)14-22(13-18)29-25(31)27(32,16-20-8-6-5-7-9-20)17-26(3,4)23-15-21(28)10-11-24(23)30/h10-15,20,30,32H,5-9,16-17H2,1-4H3,(H,29,31). The average Bonchev–Trinajstić information content (AvgIpc) is 2.69. The van der Waals surface area contributed by atoms with Crippen LogP contribution in [0.3, 0.4) is 0 Å². The molecule has 2 aromatic carbocycles. The number of amides is 1. The highest BCUT2D eigenvalue weighted by Crippen LogP contribution is 2.42. The summed E-state index contributed by atoms with van der Waals surface area (Å²) in [6.07, 6.45) is 5.80. The highest BCUT2D eigenvalue weighted by atomic mass is 19.1. The van der Waals surface area contributed by atoms with Gasteiger partial charge in [0.05, 0.1) is 0 Å². The SMILES string of the molecule is Cc1cc(C)cc(NC(=O)C(O)(CC2CCCCC2)CC(C)(C)c2cc(F)ccc2O)c1. The topological polar surface area (TPSA) is 69.6 Å². The lowest BCUT2D eigenvalue weighted by atomic mass is 9.70. The van der Waals surface area contributed by atoms with Gasteiger partial charge >= 0.3 is 0 Å². The summed E-state index contributed by atoms with van der Waals surface area (Å²) >= 11 is 0. The van der Waals surface area contributed by atoms with E-state index in [1.807, 2.05) is 45.9 Å². The number of phenolic OH excluding ortho intramolecular Hbond substituents is 1. The summed E-state index contributed by atoms with van der Waals surface area (Å²) in [6, 6.07) is 9.61. The third-order valence-corrected chi connectivity index (χ3v) is 6.68. The molecule has 0 radical (unpaired) electrons. The Morgan fingerprint density at radius 3 is 2.31 bits per heavy atom. The predicted molar refractivity (Wildman–Crippen MR) is 126 cm³/mol. The fourth-order valence-electron chi connectivity index (χ4n) is 5.28. The molecule has 174 valence electrons. The predicted octanol–water partition coefficient (Wildman–Crippen LogP) is 6.16. The van der Waals surface area contributed by atoms with Crippen LogP contribution >= 0.6 is 0 Å². The average molecular weight is 442 g/mol. The summed E-state index contributed by atoms with van der Waals surface area (Å²) in [5.74, 6) is -0.680. The van der Waals surface area contributed by atoms with Crippen molar-refractivity contribution in [3.63, 3.8) is 0 Å². The highest BCUT2D eigenvalue weighted by molar-refractivity contribution is 5.97. The van der Waals surface area contributed by atoms with E-state index in [1.54, 1.807) is 0 Å². The van der Waals surface area contributed by atoms with Crippen molar-refractivity contribution in [3.05, 3.63) is 58.9 Å². The summed E-state index contributed by atoms with van der Waals surface area (Å²) in [6.45, 7) is 7.59. The van der Waals surface area contributed by atoms with E-state index in [-0.39, 0.29) is 18.1 Å². The summed E-state index contributed by atoms with van der Waals surface area (Å²) in [5, 5.41) is 25.1. The number of aromatic hydroxyl groups is 1. The number of benzene rings is 2. The summed E-state index contributed by atoms with van der Waals surface area (Å²) < 4.78 is 14.0. The van der Waals surface area contributed by atoms with Crippen LogP contribution in [0.4, 0.5) is 10.1 Å². The van der Waals surface area contributed by atoms with E-state index >= 15 is 0 Å². The van der Waals surface area contributed by atoms with Crippen molar-refractivity contribution in [2.75, 3.05) is 5.32 Å². The van der Waals surface area contributed by atoms with Crippen molar-refractivity contribution >= 4 is 11.6 Å². The minimum Gasteiger partial charge on any atom is -0.508 e. The van der Waals surface area contributed by atoms with Crippen molar-refractivity contribution < 1.29 is 19.4 Å². The zero-order valence-electron chi connectivity index (χ0n) is 19.7. The molecule has 2 aromatic rings. The molecule has 0 heterocycles. The highest BCUT2D eigenvalue weighted by Gasteiger charge is 2.44. The molecule has 5 heteroatoms. The molecule has 1 aliphatic rings. The van der Waals surface area contributed by atoms with Gasteiger partial charge in [0.2, 0.25) is 0 Å². The molecule has 0 spiro atoms. The molecule has 1 fully saturated rings. The number of hydrogen-bond donors (Lipinski definition) is 3. The molecule has 0 aromatic heterocycles. The fourth-order valence-corrected chi connectivity index (χ4v) is 5.28. The number of carbonyl (C=O) groups is 1. The third kappa shape index (κ3) is 5.89. The van der Waals surface area contributed by atoms with Gasteiger partial charge in [-0.15, -0.1) is 0 Å². The van der Waals surface area contributed by atoms with E-state index in [4.69, 9.17) is 0 Å². The van der Waals surface area contributed by atoms with Crippen molar-refractivity contribution in [2.45, 2.75) is 83.7 Å². The Labute approximate surface area is 190 Å². The second-order valence-corrected chi connectivity index (χ2v) is 10.3. The number of halogens is 1. The van der Waals surface area contributed by atoms with Crippen LogP contribution in [0, 0.1) is 25.6 Å². The number of hydrogen-bond acceptors (Lipinski definition) is 3. The fraction of sp³-hybridized carbons (Fsp3) is 0.519. The van der Waals surface area contributed by atoms with E-state index in [2.05, 4.69) is 5.32 Å². The van der Waals surface area contributed by atoms with Gasteiger partial charge in [-0.05, 0) is 79.5 Å². The molecule has 1 aliphatic carbocycles. The lowest BCUT2D eigenvalue weighted by Gasteiger charge is -2.38. The van der Waals surface area contributed by atoms with Crippen LogP contribution in [-0.2, 0) is 10.2 Å². The summed E-state index contributed by atoms with van der Waals surface area (Å²) in [7, 11) is 0. The molecule has 0 saturated heterocycles. The zero-order valence-corrected chi connectivity index (χ0v) is 19.7. The first-order valence-corrected chi connectivity index (χ1v) is 11.6. The lowest BCUT2D eigenvalue weighted by molar-refractivity contribution is -0.138. The van der Waals surface area contributed by atoms with Gasteiger partial charge in [-0.3, -0.25) is 4.79 Å². The molecule has 4 nitrogen and oxygen atoms in total. The number of phenols is 1. The number of nitrogens with one attached hydrogen (secondary N) is 1. The van der Waals surface area contributed by atoms with E-state index in [0.717, 1.165) is 36.8 Å². The first kappa shape index (κ1) is 24.2. The molecule has 3 N–H and O–H groups in total. The van der Waals surface area contributed by atoms with E-state index in [1.165, 1.54) is 24.6 Å². The maximum atomic E-state index is 14.0. The Morgan fingerprint density at radius 1 is 1.06 bits per heavy atom. The van der Waals surface area contributed by atoms with E-state index in [0.29, 0.717) is 17.7 Å². The first-order valence-electron chi connectivity index (χ1n) is 11.6. The maximum Gasteiger partial charge on any atom is 0.256 e. The van der Waals surface area contributed by atoms with E-state index in [9.17, 15) is 19.4 Å². The van der Waals surface area contributed by atoms with Crippen molar-refractivity contribution in [1.29, 1.82) is 0 Å². The Hall–Kier alpha value is -2.40. The molecule has 1 unspecified atom stereocenters. The van der Waals surface area contributed by atoms with Crippen LogP contribution in [0.1, 0.15) is 75.5 Å². The van der Waals surface area contributed by atoms with Crippen molar-refractivity contribution in [3.8, 4) is 5.75 Å². The van der Waals surface area contributed by atoms with Crippen molar-refractivity contribution in [1.82, 2.24) is 0 Å². The first-order chi connectivity index (χ1) is 15.0.